The Morgan fingerprint density at radius 2 is 2.15 bits per heavy atom. The fourth-order valence-electron chi connectivity index (χ4n) is 2.03. The molecule has 1 aliphatic carbocycles. The molecule has 1 rings (SSSR count). The molecule has 2 N–H and O–H groups in total. The van der Waals surface area contributed by atoms with E-state index in [1.165, 1.54) is 25.7 Å². The molecule has 1 heteroatoms. The van der Waals surface area contributed by atoms with Crippen LogP contribution in [0, 0.1) is 23.7 Å². The van der Waals surface area contributed by atoms with Crippen LogP contribution in [-0.4, -0.2) is 6.04 Å². The molecule has 0 radical (unpaired) electrons. The lowest BCUT2D eigenvalue weighted by atomic mass is 9.83. The smallest absolute Gasteiger partial charge is 0.0130 e. The van der Waals surface area contributed by atoms with Gasteiger partial charge in [0.2, 0.25) is 0 Å². The van der Waals surface area contributed by atoms with E-state index >= 15 is 0 Å². The standard InChI is InChI=1S/C12H21N/c1-4-6-10(7-5-2)11(13)12(3)8-9-12/h1,10-11H,5-9,13H2,2-3H3/t10?,11-/m1/s1. The second-order valence-corrected chi connectivity index (χ2v) is 4.64. The predicted molar refractivity (Wildman–Crippen MR) is 57.2 cm³/mol. The Kier molecular flexibility index (Phi) is 3.39. The highest BCUT2D eigenvalue weighted by molar-refractivity contribution is 5.02. The SMILES string of the molecule is C#CCC(CCC)[C@@H](N)C1(C)CC1. The van der Waals surface area contributed by atoms with Crippen molar-refractivity contribution in [1.29, 1.82) is 0 Å². The highest BCUT2D eigenvalue weighted by Crippen LogP contribution is 2.50. The number of terminal acetylenes is 1. The zero-order valence-corrected chi connectivity index (χ0v) is 8.84. The molecule has 0 heterocycles. The first kappa shape index (κ1) is 10.6. The summed E-state index contributed by atoms with van der Waals surface area (Å²) in [5.74, 6) is 3.30. The first-order valence-electron chi connectivity index (χ1n) is 5.33. The first-order valence-corrected chi connectivity index (χ1v) is 5.33. The lowest BCUT2D eigenvalue weighted by Gasteiger charge is -2.27. The third-order valence-corrected chi connectivity index (χ3v) is 3.39. The minimum absolute atomic E-state index is 0.323. The van der Waals surface area contributed by atoms with Crippen LogP contribution in [0.25, 0.3) is 0 Å². The van der Waals surface area contributed by atoms with Gasteiger partial charge < -0.3 is 5.73 Å². The van der Waals surface area contributed by atoms with E-state index < -0.39 is 0 Å². The van der Waals surface area contributed by atoms with Crippen LogP contribution in [0.1, 0.15) is 46.0 Å². The Bertz CT molecular complexity index is 198. The predicted octanol–water partition coefficient (Wildman–Crippen LogP) is 2.55. The van der Waals surface area contributed by atoms with E-state index in [-0.39, 0.29) is 0 Å². The van der Waals surface area contributed by atoms with Crippen LogP contribution in [0.4, 0.5) is 0 Å². The van der Waals surface area contributed by atoms with Crippen LogP contribution in [0.3, 0.4) is 0 Å². The van der Waals surface area contributed by atoms with Crippen LogP contribution >= 0.6 is 0 Å². The van der Waals surface area contributed by atoms with E-state index in [1.807, 2.05) is 0 Å². The van der Waals surface area contributed by atoms with Crippen molar-refractivity contribution in [2.75, 3.05) is 0 Å². The molecule has 0 saturated heterocycles. The van der Waals surface area contributed by atoms with Crippen molar-refractivity contribution in [3.05, 3.63) is 0 Å². The molecule has 13 heavy (non-hydrogen) atoms. The Morgan fingerprint density at radius 1 is 1.54 bits per heavy atom. The molecule has 0 spiro atoms. The molecule has 1 nitrogen and oxygen atoms in total. The summed E-state index contributed by atoms with van der Waals surface area (Å²) in [6.07, 6.45) is 11.2. The van der Waals surface area contributed by atoms with E-state index in [4.69, 9.17) is 12.2 Å². The van der Waals surface area contributed by atoms with Gasteiger partial charge in [0.05, 0.1) is 0 Å². The molecular formula is C12H21N. The zero-order chi connectivity index (χ0) is 9.90. The minimum Gasteiger partial charge on any atom is -0.327 e. The molecule has 1 aliphatic rings. The number of hydrogen-bond acceptors (Lipinski definition) is 1. The van der Waals surface area contributed by atoms with Crippen LogP contribution in [0.5, 0.6) is 0 Å². The Balaban J connectivity index is 2.48. The van der Waals surface area contributed by atoms with E-state index in [1.54, 1.807) is 0 Å². The van der Waals surface area contributed by atoms with Crippen LogP contribution in [-0.2, 0) is 0 Å². The summed E-state index contributed by atoms with van der Waals surface area (Å²) in [7, 11) is 0. The summed E-state index contributed by atoms with van der Waals surface area (Å²) in [5.41, 5.74) is 6.65. The summed E-state index contributed by atoms with van der Waals surface area (Å²) in [6.45, 7) is 4.49. The van der Waals surface area contributed by atoms with Crippen LogP contribution in [0.2, 0.25) is 0 Å². The van der Waals surface area contributed by atoms with Gasteiger partial charge >= 0.3 is 0 Å². The van der Waals surface area contributed by atoms with Crippen LogP contribution in [0.15, 0.2) is 0 Å². The third kappa shape index (κ3) is 2.48. The molecule has 1 unspecified atom stereocenters. The molecule has 2 atom stereocenters. The summed E-state index contributed by atoms with van der Waals surface area (Å²) < 4.78 is 0. The average Bonchev–Trinajstić information content (AvgIpc) is 2.84. The van der Waals surface area contributed by atoms with Crippen molar-refractivity contribution in [2.24, 2.45) is 17.1 Å². The molecule has 0 aromatic carbocycles. The van der Waals surface area contributed by atoms with Crippen molar-refractivity contribution >= 4 is 0 Å². The maximum atomic E-state index is 6.23. The van der Waals surface area contributed by atoms with Gasteiger partial charge in [0.15, 0.2) is 0 Å². The summed E-state index contributed by atoms with van der Waals surface area (Å²) in [4.78, 5) is 0. The second-order valence-electron chi connectivity index (χ2n) is 4.64. The minimum atomic E-state index is 0.323. The fraction of sp³-hybridized carbons (Fsp3) is 0.833. The number of hydrogen-bond donors (Lipinski definition) is 1. The molecular weight excluding hydrogens is 158 g/mol. The monoisotopic (exact) mass is 179 g/mol. The van der Waals surface area contributed by atoms with Crippen molar-refractivity contribution in [2.45, 2.75) is 52.0 Å². The molecule has 0 bridgehead atoms. The van der Waals surface area contributed by atoms with E-state index in [0.717, 1.165) is 6.42 Å². The van der Waals surface area contributed by atoms with Gasteiger partial charge in [0, 0.05) is 12.5 Å². The van der Waals surface area contributed by atoms with Gasteiger partial charge in [-0.3, -0.25) is 0 Å². The Hall–Kier alpha value is -0.480. The van der Waals surface area contributed by atoms with E-state index in [9.17, 15) is 0 Å². The normalized spacial score (nSPS) is 23.2. The van der Waals surface area contributed by atoms with Crippen molar-refractivity contribution < 1.29 is 0 Å². The summed E-state index contributed by atoms with van der Waals surface area (Å²) >= 11 is 0. The molecule has 1 saturated carbocycles. The van der Waals surface area contributed by atoms with Gasteiger partial charge in [-0.2, -0.15) is 0 Å². The molecule has 0 amide bonds. The van der Waals surface area contributed by atoms with E-state index in [2.05, 4.69) is 19.8 Å². The first-order chi connectivity index (χ1) is 6.14. The maximum absolute atomic E-state index is 6.23. The van der Waals surface area contributed by atoms with Gasteiger partial charge in [-0.15, -0.1) is 12.3 Å². The van der Waals surface area contributed by atoms with Crippen LogP contribution < -0.4 is 5.73 Å². The highest BCUT2D eigenvalue weighted by atomic mass is 14.7. The van der Waals surface area contributed by atoms with E-state index in [0.29, 0.717) is 17.4 Å². The summed E-state index contributed by atoms with van der Waals surface area (Å²) in [5, 5.41) is 0. The lowest BCUT2D eigenvalue weighted by Crippen LogP contribution is -2.37. The second kappa shape index (κ2) is 4.15. The Morgan fingerprint density at radius 3 is 2.54 bits per heavy atom. The average molecular weight is 179 g/mol. The summed E-state index contributed by atoms with van der Waals surface area (Å²) in [6, 6.07) is 0.323. The highest BCUT2D eigenvalue weighted by Gasteiger charge is 2.45. The fourth-order valence-corrected chi connectivity index (χ4v) is 2.03. The van der Waals surface area contributed by atoms with Gasteiger partial charge in [-0.05, 0) is 30.6 Å². The van der Waals surface area contributed by atoms with Crippen molar-refractivity contribution in [3.8, 4) is 12.3 Å². The number of rotatable bonds is 5. The third-order valence-electron chi connectivity index (χ3n) is 3.39. The largest absolute Gasteiger partial charge is 0.327 e. The van der Waals surface area contributed by atoms with Crippen molar-refractivity contribution in [3.63, 3.8) is 0 Å². The molecule has 74 valence electrons. The maximum Gasteiger partial charge on any atom is 0.0130 e. The lowest BCUT2D eigenvalue weighted by molar-refractivity contribution is 0.295. The Labute approximate surface area is 82.1 Å². The quantitative estimate of drug-likeness (QED) is 0.645. The van der Waals surface area contributed by atoms with Gasteiger partial charge in [-0.25, -0.2) is 0 Å². The van der Waals surface area contributed by atoms with Gasteiger partial charge in [0.1, 0.15) is 0 Å². The molecule has 0 aromatic rings. The zero-order valence-electron chi connectivity index (χ0n) is 8.84. The topological polar surface area (TPSA) is 26.0 Å². The molecule has 0 aliphatic heterocycles. The molecule has 0 aromatic heterocycles. The van der Waals surface area contributed by atoms with Gasteiger partial charge in [0.25, 0.3) is 0 Å². The van der Waals surface area contributed by atoms with Crippen molar-refractivity contribution in [1.82, 2.24) is 0 Å². The number of nitrogens with two attached hydrogens (primary N) is 1. The molecule has 1 fully saturated rings. The van der Waals surface area contributed by atoms with Gasteiger partial charge in [-0.1, -0.05) is 20.3 Å².